The second-order valence-corrected chi connectivity index (χ2v) is 4.22. The minimum atomic E-state index is 0.119. The maximum Gasteiger partial charge on any atom is 0.233 e. The maximum absolute atomic E-state index is 11.1. The number of carbonyl (C=O) groups excluding carboxylic acids is 1. The molecule has 1 rings (SSSR count). The monoisotopic (exact) mass is 188 g/mol. The lowest BCUT2D eigenvalue weighted by Gasteiger charge is -2.31. The van der Waals surface area contributed by atoms with E-state index in [2.05, 4.69) is 17.1 Å². The third-order valence-electron chi connectivity index (χ3n) is 2.13. The van der Waals surface area contributed by atoms with Crippen LogP contribution in [0.25, 0.3) is 0 Å². The topological polar surface area (TPSA) is 32.3 Å². The van der Waals surface area contributed by atoms with Crippen LogP contribution < -0.4 is 5.32 Å². The van der Waals surface area contributed by atoms with Crippen molar-refractivity contribution in [1.82, 2.24) is 10.2 Å². The number of hydrogen-bond acceptors (Lipinski definition) is 3. The van der Waals surface area contributed by atoms with Gasteiger partial charge in [0.2, 0.25) is 5.91 Å². The van der Waals surface area contributed by atoms with Gasteiger partial charge in [-0.05, 0) is 6.92 Å². The Labute approximate surface area is 77.9 Å². The van der Waals surface area contributed by atoms with E-state index in [-0.39, 0.29) is 5.91 Å². The SMILES string of the molecule is CNC(=O)CN1CCSCC1C. The van der Waals surface area contributed by atoms with Gasteiger partial charge >= 0.3 is 0 Å². The molecule has 0 bridgehead atoms. The van der Waals surface area contributed by atoms with Gasteiger partial charge in [-0.3, -0.25) is 9.69 Å². The van der Waals surface area contributed by atoms with Crippen LogP contribution >= 0.6 is 11.8 Å². The van der Waals surface area contributed by atoms with Crippen molar-refractivity contribution in [3.05, 3.63) is 0 Å². The highest BCUT2D eigenvalue weighted by atomic mass is 32.2. The fourth-order valence-corrected chi connectivity index (χ4v) is 2.34. The zero-order chi connectivity index (χ0) is 8.97. The zero-order valence-corrected chi connectivity index (χ0v) is 8.49. The van der Waals surface area contributed by atoms with Crippen LogP contribution in [0.4, 0.5) is 0 Å². The van der Waals surface area contributed by atoms with Crippen LogP contribution in [-0.2, 0) is 4.79 Å². The highest BCUT2D eigenvalue weighted by Gasteiger charge is 2.19. The predicted molar refractivity (Wildman–Crippen MR) is 52.4 cm³/mol. The fourth-order valence-electron chi connectivity index (χ4n) is 1.26. The van der Waals surface area contributed by atoms with Crippen LogP contribution in [0, 0.1) is 0 Å². The molecule has 4 heteroatoms. The van der Waals surface area contributed by atoms with E-state index in [9.17, 15) is 4.79 Å². The Balaban J connectivity index is 2.33. The Morgan fingerprint density at radius 2 is 2.50 bits per heavy atom. The molecule has 1 fully saturated rings. The minimum absolute atomic E-state index is 0.119. The number of carbonyl (C=O) groups is 1. The summed E-state index contributed by atoms with van der Waals surface area (Å²) in [5.41, 5.74) is 0. The number of amides is 1. The minimum Gasteiger partial charge on any atom is -0.358 e. The molecular formula is C8H16N2OS. The van der Waals surface area contributed by atoms with Gasteiger partial charge in [0.15, 0.2) is 0 Å². The third kappa shape index (κ3) is 2.68. The number of likely N-dealkylation sites (N-methyl/N-ethyl adjacent to an activating group) is 1. The average molecular weight is 188 g/mol. The molecule has 1 unspecified atom stereocenters. The Morgan fingerprint density at radius 1 is 1.75 bits per heavy atom. The molecule has 1 aliphatic heterocycles. The summed E-state index contributed by atoms with van der Waals surface area (Å²) < 4.78 is 0. The number of rotatable bonds is 2. The van der Waals surface area contributed by atoms with Gasteiger partial charge in [-0.25, -0.2) is 0 Å². The lowest BCUT2D eigenvalue weighted by molar-refractivity contribution is -0.122. The van der Waals surface area contributed by atoms with Gasteiger partial charge in [0, 0.05) is 31.1 Å². The van der Waals surface area contributed by atoms with Crippen LogP contribution in [0.2, 0.25) is 0 Å². The van der Waals surface area contributed by atoms with Crippen molar-refractivity contribution in [2.75, 3.05) is 31.6 Å². The molecule has 0 saturated carbocycles. The number of hydrogen-bond donors (Lipinski definition) is 1. The van der Waals surface area contributed by atoms with Gasteiger partial charge in [-0.15, -0.1) is 0 Å². The normalized spacial score (nSPS) is 25.3. The molecule has 1 saturated heterocycles. The molecule has 1 atom stereocenters. The Bertz CT molecular complexity index is 163. The van der Waals surface area contributed by atoms with Crippen LogP contribution in [-0.4, -0.2) is 48.5 Å². The van der Waals surface area contributed by atoms with E-state index in [1.165, 1.54) is 0 Å². The van der Waals surface area contributed by atoms with E-state index < -0.39 is 0 Å². The van der Waals surface area contributed by atoms with Gasteiger partial charge in [-0.1, -0.05) is 0 Å². The Morgan fingerprint density at radius 3 is 3.08 bits per heavy atom. The van der Waals surface area contributed by atoms with Crippen LogP contribution in [0.15, 0.2) is 0 Å². The molecule has 0 aromatic rings. The summed E-state index contributed by atoms with van der Waals surface area (Å²) in [6, 6.07) is 0.543. The van der Waals surface area contributed by atoms with E-state index in [1.54, 1.807) is 7.05 Å². The van der Waals surface area contributed by atoms with Crippen LogP contribution in [0.5, 0.6) is 0 Å². The van der Waals surface area contributed by atoms with Crippen LogP contribution in [0.1, 0.15) is 6.92 Å². The summed E-state index contributed by atoms with van der Waals surface area (Å²) >= 11 is 1.97. The van der Waals surface area contributed by atoms with Crippen molar-refractivity contribution in [1.29, 1.82) is 0 Å². The molecule has 0 spiro atoms. The molecule has 0 aromatic carbocycles. The summed E-state index contributed by atoms with van der Waals surface area (Å²) in [6.07, 6.45) is 0. The molecule has 0 aromatic heterocycles. The first-order chi connectivity index (χ1) is 5.74. The number of nitrogens with zero attached hydrogens (tertiary/aromatic N) is 1. The van der Waals surface area contributed by atoms with E-state index in [0.717, 1.165) is 18.1 Å². The van der Waals surface area contributed by atoms with Crippen LogP contribution in [0.3, 0.4) is 0 Å². The zero-order valence-electron chi connectivity index (χ0n) is 7.67. The second-order valence-electron chi connectivity index (χ2n) is 3.07. The van der Waals surface area contributed by atoms with E-state index in [4.69, 9.17) is 0 Å². The van der Waals surface area contributed by atoms with Crippen molar-refractivity contribution in [2.24, 2.45) is 0 Å². The lowest BCUT2D eigenvalue weighted by Crippen LogP contribution is -2.45. The molecule has 1 amide bonds. The molecule has 1 N–H and O–H groups in total. The first-order valence-electron chi connectivity index (χ1n) is 4.26. The van der Waals surface area contributed by atoms with Gasteiger partial charge in [0.1, 0.15) is 0 Å². The highest BCUT2D eigenvalue weighted by molar-refractivity contribution is 7.99. The van der Waals surface area contributed by atoms with E-state index >= 15 is 0 Å². The number of thioether (sulfide) groups is 1. The Hall–Kier alpha value is -0.220. The Kier molecular flexibility index (Phi) is 3.88. The largest absolute Gasteiger partial charge is 0.358 e. The van der Waals surface area contributed by atoms with Gasteiger partial charge in [0.25, 0.3) is 0 Å². The predicted octanol–water partition coefficient (Wildman–Crippen LogP) is 0.170. The van der Waals surface area contributed by atoms with Crippen molar-refractivity contribution >= 4 is 17.7 Å². The molecule has 12 heavy (non-hydrogen) atoms. The summed E-state index contributed by atoms with van der Waals surface area (Å²) in [6.45, 7) is 3.77. The molecule has 0 aliphatic carbocycles. The molecular weight excluding hydrogens is 172 g/mol. The van der Waals surface area contributed by atoms with Crippen molar-refractivity contribution < 1.29 is 4.79 Å². The first-order valence-corrected chi connectivity index (χ1v) is 5.42. The lowest BCUT2D eigenvalue weighted by atomic mass is 10.3. The van der Waals surface area contributed by atoms with Crippen molar-refractivity contribution in [2.45, 2.75) is 13.0 Å². The maximum atomic E-state index is 11.1. The summed E-state index contributed by atoms with van der Waals surface area (Å²) in [7, 11) is 1.69. The fraction of sp³-hybridized carbons (Fsp3) is 0.875. The third-order valence-corrected chi connectivity index (χ3v) is 3.32. The summed E-state index contributed by atoms with van der Waals surface area (Å²) in [5.74, 6) is 2.42. The van der Waals surface area contributed by atoms with Gasteiger partial charge in [-0.2, -0.15) is 11.8 Å². The summed E-state index contributed by atoms with van der Waals surface area (Å²) in [4.78, 5) is 13.3. The smallest absolute Gasteiger partial charge is 0.233 e. The number of nitrogens with one attached hydrogen (secondary N) is 1. The molecule has 3 nitrogen and oxygen atoms in total. The molecule has 1 aliphatic rings. The quantitative estimate of drug-likeness (QED) is 0.670. The van der Waals surface area contributed by atoms with Gasteiger partial charge < -0.3 is 5.32 Å². The average Bonchev–Trinajstić information content (AvgIpc) is 2.09. The van der Waals surface area contributed by atoms with Crippen molar-refractivity contribution in [3.8, 4) is 0 Å². The highest BCUT2D eigenvalue weighted by Crippen LogP contribution is 2.14. The molecule has 70 valence electrons. The van der Waals surface area contributed by atoms with Crippen molar-refractivity contribution in [3.63, 3.8) is 0 Å². The standard InChI is InChI=1S/C8H16N2OS/c1-7-6-12-4-3-10(7)5-8(11)9-2/h7H,3-6H2,1-2H3,(H,9,11). The van der Waals surface area contributed by atoms with E-state index in [1.807, 2.05) is 11.8 Å². The van der Waals surface area contributed by atoms with E-state index in [0.29, 0.717) is 12.6 Å². The first kappa shape index (κ1) is 9.86. The molecule has 0 radical (unpaired) electrons. The molecule has 1 heterocycles. The summed E-state index contributed by atoms with van der Waals surface area (Å²) in [5, 5.41) is 2.65. The second kappa shape index (κ2) is 4.72. The van der Waals surface area contributed by atoms with Gasteiger partial charge in [0.05, 0.1) is 6.54 Å².